The quantitative estimate of drug-likeness (QED) is 0.313. The van der Waals surface area contributed by atoms with Crippen LogP contribution in [0.4, 0.5) is 11.4 Å². The predicted octanol–water partition coefficient (Wildman–Crippen LogP) is 4.91. The van der Waals surface area contributed by atoms with Gasteiger partial charge in [0.15, 0.2) is 11.4 Å². The van der Waals surface area contributed by atoms with Gasteiger partial charge in [0, 0.05) is 21.7 Å². The van der Waals surface area contributed by atoms with Gasteiger partial charge in [-0.15, -0.1) is 0 Å². The standard InChI is InChI=1S/C23H16Cl2N2O5/c24-15-9-10-20-17(11-15)23(30,12-21(28)16-6-2-4-8-19(16)27(31)32)22(29)26(20)13-14-5-1-3-7-18(14)25/h1-11,30H,12-13H2/t23-/m0/s1. The Morgan fingerprint density at radius 1 is 1.06 bits per heavy atom. The molecule has 9 heteroatoms. The number of hydrogen-bond donors (Lipinski definition) is 1. The molecule has 1 aliphatic rings. The third-order valence-corrected chi connectivity index (χ3v) is 6.00. The molecule has 0 unspecified atom stereocenters. The Kier molecular flexibility index (Phi) is 5.73. The number of amides is 1. The number of nitrogens with zero attached hydrogens (tertiary/aromatic N) is 2. The van der Waals surface area contributed by atoms with Gasteiger partial charge in [-0.3, -0.25) is 19.7 Å². The van der Waals surface area contributed by atoms with Crippen LogP contribution in [0, 0.1) is 10.1 Å². The first-order valence-corrected chi connectivity index (χ1v) is 10.3. The first-order chi connectivity index (χ1) is 15.2. The largest absolute Gasteiger partial charge is 0.375 e. The number of para-hydroxylation sites is 1. The number of aliphatic hydroxyl groups is 1. The Labute approximate surface area is 193 Å². The number of anilines is 1. The molecule has 32 heavy (non-hydrogen) atoms. The van der Waals surface area contributed by atoms with Crippen LogP contribution in [-0.2, 0) is 16.9 Å². The first-order valence-electron chi connectivity index (χ1n) is 9.57. The monoisotopic (exact) mass is 470 g/mol. The second kappa shape index (κ2) is 8.35. The Morgan fingerprint density at radius 2 is 1.75 bits per heavy atom. The van der Waals surface area contributed by atoms with Gasteiger partial charge >= 0.3 is 0 Å². The minimum atomic E-state index is -2.23. The average Bonchev–Trinajstić information content (AvgIpc) is 2.96. The fourth-order valence-corrected chi connectivity index (χ4v) is 4.21. The number of carbonyl (C=O) groups is 2. The van der Waals surface area contributed by atoms with Crippen LogP contribution in [0.2, 0.25) is 10.0 Å². The molecule has 1 aliphatic heterocycles. The molecule has 0 saturated heterocycles. The van der Waals surface area contributed by atoms with Crippen LogP contribution < -0.4 is 4.90 Å². The number of fused-ring (bicyclic) bond motifs is 1. The zero-order valence-electron chi connectivity index (χ0n) is 16.5. The van der Waals surface area contributed by atoms with Crippen molar-refractivity contribution < 1.29 is 19.6 Å². The summed E-state index contributed by atoms with van der Waals surface area (Å²) in [6.45, 7) is 0.0646. The Bertz CT molecular complexity index is 1260. The van der Waals surface area contributed by atoms with Crippen LogP contribution in [-0.4, -0.2) is 21.7 Å². The maximum Gasteiger partial charge on any atom is 0.280 e. The highest BCUT2D eigenvalue weighted by molar-refractivity contribution is 6.31. The number of ketones is 1. The summed E-state index contributed by atoms with van der Waals surface area (Å²) in [6.07, 6.45) is -0.678. The van der Waals surface area contributed by atoms with Crippen LogP contribution in [0.5, 0.6) is 0 Å². The highest BCUT2D eigenvalue weighted by Gasteiger charge is 2.51. The van der Waals surface area contributed by atoms with E-state index >= 15 is 0 Å². The number of nitro groups is 1. The van der Waals surface area contributed by atoms with Crippen molar-refractivity contribution in [2.24, 2.45) is 0 Å². The number of nitro benzene ring substituents is 1. The van der Waals surface area contributed by atoms with Crippen LogP contribution in [0.25, 0.3) is 0 Å². The summed E-state index contributed by atoms with van der Waals surface area (Å²) >= 11 is 12.4. The number of Topliss-reactive ketones (excluding diaryl/α,β-unsaturated/α-hetero) is 1. The summed E-state index contributed by atoms with van der Waals surface area (Å²) in [6, 6.07) is 17.0. The summed E-state index contributed by atoms with van der Waals surface area (Å²) in [5, 5.41) is 23.5. The molecule has 4 rings (SSSR count). The van der Waals surface area contributed by atoms with Gasteiger partial charge in [0.05, 0.1) is 29.1 Å². The summed E-state index contributed by atoms with van der Waals surface area (Å²) < 4.78 is 0. The minimum Gasteiger partial charge on any atom is -0.375 e. The van der Waals surface area contributed by atoms with E-state index in [1.165, 1.54) is 35.2 Å². The van der Waals surface area contributed by atoms with Crippen LogP contribution in [0.1, 0.15) is 27.9 Å². The molecule has 1 amide bonds. The van der Waals surface area contributed by atoms with Crippen molar-refractivity contribution in [2.75, 3.05) is 4.90 Å². The smallest absolute Gasteiger partial charge is 0.280 e. The molecule has 7 nitrogen and oxygen atoms in total. The van der Waals surface area contributed by atoms with Crippen LogP contribution in [0.15, 0.2) is 66.7 Å². The number of benzene rings is 3. The van der Waals surface area contributed by atoms with Crippen molar-refractivity contribution in [1.82, 2.24) is 0 Å². The molecule has 0 aromatic heterocycles. The van der Waals surface area contributed by atoms with E-state index in [-0.39, 0.29) is 22.7 Å². The maximum atomic E-state index is 13.4. The number of halogens is 2. The molecule has 1 N–H and O–H groups in total. The molecular weight excluding hydrogens is 455 g/mol. The van der Waals surface area contributed by atoms with Gasteiger partial charge in [-0.05, 0) is 35.9 Å². The first kappa shape index (κ1) is 22.0. The molecular formula is C23H16Cl2N2O5. The predicted molar refractivity (Wildman–Crippen MR) is 120 cm³/mol. The van der Waals surface area contributed by atoms with E-state index in [1.807, 2.05) is 0 Å². The average molecular weight is 471 g/mol. The lowest BCUT2D eigenvalue weighted by atomic mass is 9.87. The van der Waals surface area contributed by atoms with Crippen molar-refractivity contribution in [2.45, 2.75) is 18.6 Å². The minimum absolute atomic E-state index is 0.0646. The van der Waals surface area contributed by atoms with Gasteiger partial charge in [0.25, 0.3) is 11.6 Å². The second-order valence-corrected chi connectivity index (χ2v) is 8.22. The Hall–Kier alpha value is -3.26. The summed E-state index contributed by atoms with van der Waals surface area (Å²) in [7, 11) is 0. The van der Waals surface area contributed by atoms with E-state index in [9.17, 15) is 24.8 Å². The SMILES string of the molecule is O=C(C[C@@]1(O)C(=O)N(Cc2ccccc2Cl)c2ccc(Cl)cc21)c1ccccc1[N+](=O)[O-]. The van der Waals surface area contributed by atoms with Gasteiger partial charge in [-0.2, -0.15) is 0 Å². The topological polar surface area (TPSA) is 101 Å². The maximum absolute atomic E-state index is 13.4. The van der Waals surface area contributed by atoms with E-state index in [0.717, 1.165) is 0 Å². The fraction of sp³-hybridized carbons (Fsp3) is 0.130. The molecule has 0 bridgehead atoms. The van der Waals surface area contributed by atoms with Crippen molar-refractivity contribution in [3.05, 3.63) is 104 Å². The summed E-state index contributed by atoms with van der Waals surface area (Å²) in [5.74, 6) is -1.47. The summed E-state index contributed by atoms with van der Waals surface area (Å²) in [5.41, 5.74) is -1.62. The molecule has 1 heterocycles. The lowest BCUT2D eigenvalue weighted by Crippen LogP contribution is -2.41. The lowest BCUT2D eigenvalue weighted by molar-refractivity contribution is -0.385. The number of rotatable bonds is 6. The molecule has 162 valence electrons. The molecule has 0 radical (unpaired) electrons. The Morgan fingerprint density at radius 3 is 2.47 bits per heavy atom. The van der Waals surface area contributed by atoms with Crippen molar-refractivity contribution in [1.29, 1.82) is 0 Å². The van der Waals surface area contributed by atoms with Crippen molar-refractivity contribution >= 4 is 46.3 Å². The zero-order valence-corrected chi connectivity index (χ0v) is 18.0. The lowest BCUT2D eigenvalue weighted by Gasteiger charge is -2.23. The van der Waals surface area contributed by atoms with Crippen molar-refractivity contribution in [3.63, 3.8) is 0 Å². The highest BCUT2D eigenvalue weighted by atomic mass is 35.5. The van der Waals surface area contributed by atoms with Crippen LogP contribution >= 0.6 is 23.2 Å². The molecule has 1 atom stereocenters. The Balaban J connectivity index is 1.75. The fourth-order valence-electron chi connectivity index (χ4n) is 3.84. The van der Waals surface area contributed by atoms with E-state index in [2.05, 4.69) is 0 Å². The second-order valence-electron chi connectivity index (χ2n) is 7.38. The molecule has 0 fully saturated rings. The highest BCUT2D eigenvalue weighted by Crippen LogP contribution is 2.45. The van der Waals surface area contributed by atoms with E-state index in [4.69, 9.17) is 23.2 Å². The number of carbonyl (C=O) groups excluding carboxylic acids is 2. The van der Waals surface area contributed by atoms with E-state index in [1.54, 1.807) is 36.4 Å². The molecule has 0 saturated carbocycles. The van der Waals surface area contributed by atoms with Gasteiger partial charge in [0.2, 0.25) is 0 Å². The third-order valence-electron chi connectivity index (χ3n) is 5.40. The van der Waals surface area contributed by atoms with Gasteiger partial charge in [-0.1, -0.05) is 53.5 Å². The summed E-state index contributed by atoms with van der Waals surface area (Å²) in [4.78, 5) is 38.4. The van der Waals surface area contributed by atoms with Gasteiger partial charge in [-0.25, -0.2) is 0 Å². The third kappa shape index (κ3) is 3.75. The molecule has 0 aliphatic carbocycles. The van der Waals surface area contributed by atoms with Gasteiger partial charge < -0.3 is 10.0 Å². The zero-order chi connectivity index (χ0) is 23.0. The van der Waals surface area contributed by atoms with E-state index < -0.39 is 34.3 Å². The molecule has 3 aromatic carbocycles. The number of hydrogen-bond acceptors (Lipinski definition) is 5. The van der Waals surface area contributed by atoms with Crippen molar-refractivity contribution in [3.8, 4) is 0 Å². The normalized spacial score (nSPS) is 17.3. The van der Waals surface area contributed by atoms with Crippen LogP contribution in [0.3, 0.4) is 0 Å². The molecule has 0 spiro atoms. The molecule has 3 aromatic rings. The van der Waals surface area contributed by atoms with Gasteiger partial charge in [0.1, 0.15) is 0 Å². The van der Waals surface area contributed by atoms with E-state index in [0.29, 0.717) is 16.3 Å².